The van der Waals surface area contributed by atoms with Gasteiger partial charge in [0.1, 0.15) is 0 Å². The molecular weight excluding hydrogens is 254 g/mol. The Morgan fingerprint density at radius 1 is 1.50 bits per heavy atom. The third-order valence-electron chi connectivity index (χ3n) is 2.84. The van der Waals surface area contributed by atoms with Crippen molar-refractivity contribution in [1.29, 1.82) is 0 Å². The minimum Gasteiger partial charge on any atom is -0.478 e. The summed E-state index contributed by atoms with van der Waals surface area (Å²) in [5.41, 5.74) is 2.94. The number of carbonyl (C=O) groups is 1. The lowest BCUT2D eigenvalue weighted by atomic mass is 10.1. The Balaban J connectivity index is 3.11. The molecule has 1 aromatic rings. The number of hydrogen-bond acceptors (Lipinski definition) is 3. The summed E-state index contributed by atoms with van der Waals surface area (Å²) in [7, 11) is 1.66. The molecule has 0 heterocycles. The van der Waals surface area contributed by atoms with E-state index < -0.39 is 5.97 Å². The lowest BCUT2D eigenvalue weighted by Crippen LogP contribution is -2.27. The van der Waals surface area contributed by atoms with Gasteiger partial charge < -0.3 is 14.7 Å². The van der Waals surface area contributed by atoms with Crippen LogP contribution in [0.1, 0.15) is 11.1 Å². The second kappa shape index (κ2) is 8.17. The molecule has 0 saturated heterocycles. The molecular formula is C16H21NO3. The van der Waals surface area contributed by atoms with E-state index in [4.69, 9.17) is 9.84 Å². The standard InChI is InChI=1S/C16H21NO3/c1-4-9-17(10-11-20-3)15-7-5-13(2)12-14(15)6-8-16(18)19/h4-8,12H,1,9-11H2,2-3H3,(H,18,19)/b8-6+. The van der Waals surface area contributed by atoms with Crippen LogP contribution >= 0.6 is 0 Å². The number of rotatable bonds is 8. The molecule has 0 aliphatic rings. The van der Waals surface area contributed by atoms with Crippen molar-refractivity contribution in [2.45, 2.75) is 6.92 Å². The van der Waals surface area contributed by atoms with Crippen molar-refractivity contribution in [1.82, 2.24) is 0 Å². The van der Waals surface area contributed by atoms with Crippen molar-refractivity contribution in [3.63, 3.8) is 0 Å². The van der Waals surface area contributed by atoms with E-state index in [1.807, 2.05) is 31.2 Å². The van der Waals surface area contributed by atoms with Crippen molar-refractivity contribution < 1.29 is 14.6 Å². The Hall–Kier alpha value is -2.07. The van der Waals surface area contributed by atoms with Gasteiger partial charge in [0.15, 0.2) is 0 Å². The molecule has 0 atom stereocenters. The normalized spacial score (nSPS) is 10.7. The molecule has 0 aliphatic heterocycles. The summed E-state index contributed by atoms with van der Waals surface area (Å²) in [5.74, 6) is -0.954. The van der Waals surface area contributed by atoms with Crippen LogP contribution < -0.4 is 4.90 Å². The highest BCUT2D eigenvalue weighted by Gasteiger charge is 2.09. The van der Waals surface area contributed by atoms with Gasteiger partial charge in [0.25, 0.3) is 0 Å². The van der Waals surface area contributed by atoms with Gasteiger partial charge in [-0.25, -0.2) is 4.79 Å². The summed E-state index contributed by atoms with van der Waals surface area (Å²) < 4.78 is 5.11. The summed E-state index contributed by atoms with van der Waals surface area (Å²) in [4.78, 5) is 12.8. The molecule has 0 unspecified atom stereocenters. The zero-order chi connectivity index (χ0) is 15.0. The average Bonchev–Trinajstić information content (AvgIpc) is 2.41. The number of aliphatic carboxylic acids is 1. The molecule has 4 nitrogen and oxygen atoms in total. The number of carboxylic acids is 1. The first-order valence-corrected chi connectivity index (χ1v) is 6.45. The van der Waals surface area contributed by atoms with Gasteiger partial charge in [0.05, 0.1) is 6.61 Å². The fraction of sp³-hybridized carbons (Fsp3) is 0.312. The quantitative estimate of drug-likeness (QED) is 0.585. The monoisotopic (exact) mass is 275 g/mol. The van der Waals surface area contributed by atoms with Gasteiger partial charge in [-0.2, -0.15) is 0 Å². The van der Waals surface area contributed by atoms with Crippen molar-refractivity contribution in [2.24, 2.45) is 0 Å². The second-order valence-electron chi connectivity index (χ2n) is 4.46. The van der Waals surface area contributed by atoms with E-state index in [2.05, 4.69) is 11.5 Å². The largest absolute Gasteiger partial charge is 0.478 e. The van der Waals surface area contributed by atoms with Crippen LogP contribution in [-0.4, -0.2) is 37.9 Å². The highest BCUT2D eigenvalue weighted by molar-refractivity contribution is 5.87. The SMILES string of the molecule is C=CCN(CCOC)c1ccc(C)cc1/C=C/C(=O)O. The lowest BCUT2D eigenvalue weighted by Gasteiger charge is -2.25. The molecule has 108 valence electrons. The highest BCUT2D eigenvalue weighted by Crippen LogP contribution is 2.23. The van der Waals surface area contributed by atoms with E-state index in [0.29, 0.717) is 13.2 Å². The van der Waals surface area contributed by atoms with Crippen LogP contribution in [0.3, 0.4) is 0 Å². The maximum absolute atomic E-state index is 10.7. The first kappa shape index (κ1) is 16.0. The Kier molecular flexibility index (Phi) is 6.53. The van der Waals surface area contributed by atoms with Gasteiger partial charge in [-0.3, -0.25) is 0 Å². The zero-order valence-corrected chi connectivity index (χ0v) is 12.0. The predicted octanol–water partition coefficient (Wildman–Crippen LogP) is 2.73. The Morgan fingerprint density at radius 2 is 2.25 bits per heavy atom. The molecule has 1 N–H and O–H groups in total. The fourth-order valence-electron chi connectivity index (χ4n) is 1.92. The van der Waals surface area contributed by atoms with Crippen LogP contribution in [0.25, 0.3) is 6.08 Å². The summed E-state index contributed by atoms with van der Waals surface area (Å²) >= 11 is 0. The molecule has 0 aromatic heterocycles. The van der Waals surface area contributed by atoms with E-state index in [9.17, 15) is 4.79 Å². The van der Waals surface area contributed by atoms with Crippen molar-refractivity contribution in [2.75, 3.05) is 31.7 Å². The van der Waals surface area contributed by atoms with E-state index >= 15 is 0 Å². The van der Waals surface area contributed by atoms with Gasteiger partial charge in [-0.15, -0.1) is 6.58 Å². The van der Waals surface area contributed by atoms with Crippen LogP contribution in [0.15, 0.2) is 36.9 Å². The van der Waals surface area contributed by atoms with E-state index in [0.717, 1.165) is 29.4 Å². The molecule has 0 aliphatic carbocycles. The molecule has 1 aromatic carbocycles. The van der Waals surface area contributed by atoms with Crippen LogP contribution in [0.2, 0.25) is 0 Å². The van der Waals surface area contributed by atoms with Gasteiger partial charge in [-0.05, 0) is 30.7 Å². The molecule has 0 bridgehead atoms. The first-order valence-electron chi connectivity index (χ1n) is 6.45. The van der Waals surface area contributed by atoms with Crippen molar-refractivity contribution >= 4 is 17.7 Å². The molecule has 0 spiro atoms. The Labute approximate surface area is 120 Å². The molecule has 0 fully saturated rings. The number of methoxy groups -OCH3 is 1. The average molecular weight is 275 g/mol. The van der Waals surface area contributed by atoms with Crippen LogP contribution in [0.4, 0.5) is 5.69 Å². The second-order valence-corrected chi connectivity index (χ2v) is 4.46. The van der Waals surface area contributed by atoms with Crippen molar-refractivity contribution in [3.8, 4) is 0 Å². The van der Waals surface area contributed by atoms with E-state index in [-0.39, 0.29) is 0 Å². The smallest absolute Gasteiger partial charge is 0.328 e. The number of hydrogen-bond donors (Lipinski definition) is 1. The molecule has 0 saturated carbocycles. The number of nitrogens with zero attached hydrogens (tertiary/aromatic N) is 1. The van der Waals surface area contributed by atoms with Gasteiger partial charge >= 0.3 is 5.97 Å². The van der Waals surface area contributed by atoms with Crippen LogP contribution in [0.5, 0.6) is 0 Å². The number of carboxylic acid groups (broad SMARTS) is 1. The third-order valence-corrected chi connectivity index (χ3v) is 2.84. The summed E-state index contributed by atoms with van der Waals surface area (Å²) in [6.07, 6.45) is 4.59. The summed E-state index contributed by atoms with van der Waals surface area (Å²) in [5, 5.41) is 8.78. The number of aryl methyl sites for hydroxylation is 1. The number of benzene rings is 1. The predicted molar refractivity (Wildman–Crippen MR) is 82.1 cm³/mol. The molecule has 4 heteroatoms. The minimum atomic E-state index is -0.954. The maximum atomic E-state index is 10.7. The Bertz CT molecular complexity index is 494. The number of anilines is 1. The highest BCUT2D eigenvalue weighted by atomic mass is 16.5. The minimum absolute atomic E-state index is 0.601. The number of ether oxygens (including phenoxy) is 1. The maximum Gasteiger partial charge on any atom is 0.328 e. The lowest BCUT2D eigenvalue weighted by molar-refractivity contribution is -0.131. The third kappa shape index (κ3) is 4.90. The van der Waals surface area contributed by atoms with Gasteiger partial charge in [-0.1, -0.05) is 17.7 Å². The molecule has 0 amide bonds. The first-order chi connectivity index (χ1) is 9.58. The fourth-order valence-corrected chi connectivity index (χ4v) is 1.92. The van der Waals surface area contributed by atoms with Crippen LogP contribution in [0, 0.1) is 6.92 Å². The van der Waals surface area contributed by atoms with E-state index in [1.165, 1.54) is 0 Å². The van der Waals surface area contributed by atoms with Crippen LogP contribution in [-0.2, 0) is 9.53 Å². The topological polar surface area (TPSA) is 49.8 Å². The zero-order valence-electron chi connectivity index (χ0n) is 12.0. The molecule has 1 rings (SSSR count). The van der Waals surface area contributed by atoms with Gasteiger partial charge in [0.2, 0.25) is 0 Å². The summed E-state index contributed by atoms with van der Waals surface area (Å²) in [6, 6.07) is 5.98. The molecule has 0 radical (unpaired) electrons. The van der Waals surface area contributed by atoms with Gasteiger partial charge in [0, 0.05) is 32.0 Å². The Morgan fingerprint density at radius 3 is 2.85 bits per heavy atom. The molecule has 20 heavy (non-hydrogen) atoms. The van der Waals surface area contributed by atoms with E-state index in [1.54, 1.807) is 13.2 Å². The summed E-state index contributed by atoms with van der Waals surface area (Å²) in [6.45, 7) is 7.75. The van der Waals surface area contributed by atoms with Crippen molar-refractivity contribution in [3.05, 3.63) is 48.1 Å².